The van der Waals surface area contributed by atoms with E-state index in [2.05, 4.69) is 16.7 Å². The summed E-state index contributed by atoms with van der Waals surface area (Å²) in [5.74, 6) is 3.59. The molecule has 2 heterocycles. The van der Waals surface area contributed by atoms with Gasteiger partial charge in [0.1, 0.15) is 0 Å². The quantitative estimate of drug-likeness (QED) is 0.838. The second-order valence-electron chi connectivity index (χ2n) is 6.35. The van der Waals surface area contributed by atoms with Crippen LogP contribution in [0.1, 0.15) is 38.5 Å². The number of nitrogens with zero attached hydrogens (tertiary/aromatic N) is 1. The molecule has 0 aromatic rings. The number of hydrogen-bond donors (Lipinski definition) is 1. The lowest BCUT2D eigenvalue weighted by Crippen LogP contribution is -2.45. The second-order valence-corrected chi connectivity index (χ2v) is 7.50. The Morgan fingerprint density at radius 2 is 2.12 bits per heavy atom. The Morgan fingerprint density at radius 3 is 2.76 bits per heavy atom. The van der Waals surface area contributed by atoms with E-state index in [0.717, 1.165) is 12.5 Å². The molecule has 0 aromatic heterocycles. The predicted octanol–water partition coefficient (Wildman–Crippen LogP) is 2.33. The van der Waals surface area contributed by atoms with Gasteiger partial charge in [-0.25, -0.2) is 0 Å². The second kappa shape index (κ2) is 5.10. The molecule has 2 N–H and O–H groups in total. The molecule has 1 saturated carbocycles. The molecule has 0 aromatic carbocycles. The van der Waals surface area contributed by atoms with Gasteiger partial charge in [-0.3, -0.25) is 4.90 Å². The summed E-state index contributed by atoms with van der Waals surface area (Å²) in [6, 6.07) is 0.685. The maximum Gasteiger partial charge on any atom is 0.0255 e. The van der Waals surface area contributed by atoms with Gasteiger partial charge in [-0.05, 0) is 55.1 Å². The number of nitrogens with two attached hydrogens (primary N) is 1. The average Bonchev–Trinajstić information content (AvgIpc) is 3.05. The van der Waals surface area contributed by atoms with Crippen molar-refractivity contribution in [3.63, 3.8) is 0 Å². The Bertz CT molecular complexity index is 257. The van der Waals surface area contributed by atoms with Crippen LogP contribution < -0.4 is 5.73 Å². The van der Waals surface area contributed by atoms with Crippen molar-refractivity contribution in [3.05, 3.63) is 0 Å². The van der Waals surface area contributed by atoms with Gasteiger partial charge in [0.2, 0.25) is 0 Å². The highest BCUT2D eigenvalue weighted by molar-refractivity contribution is 7.99. The molecule has 2 saturated heterocycles. The fourth-order valence-electron chi connectivity index (χ4n) is 4.28. The zero-order valence-electron chi connectivity index (χ0n) is 10.9. The third-order valence-corrected chi connectivity index (χ3v) is 6.54. The Morgan fingerprint density at radius 1 is 1.29 bits per heavy atom. The summed E-state index contributed by atoms with van der Waals surface area (Å²) in [5, 5.41) is 0. The lowest BCUT2D eigenvalue weighted by molar-refractivity contribution is 0.165. The van der Waals surface area contributed by atoms with Crippen molar-refractivity contribution >= 4 is 11.8 Å². The van der Waals surface area contributed by atoms with Crippen LogP contribution >= 0.6 is 11.8 Å². The molecule has 2 atom stereocenters. The summed E-state index contributed by atoms with van der Waals surface area (Å²) in [7, 11) is 0. The van der Waals surface area contributed by atoms with Crippen LogP contribution in [-0.2, 0) is 0 Å². The van der Waals surface area contributed by atoms with Crippen LogP contribution in [0, 0.1) is 11.3 Å². The van der Waals surface area contributed by atoms with E-state index >= 15 is 0 Å². The Kier molecular flexibility index (Phi) is 3.69. The molecule has 0 amide bonds. The smallest absolute Gasteiger partial charge is 0.0255 e. The van der Waals surface area contributed by atoms with E-state index < -0.39 is 0 Å². The Balaban J connectivity index is 1.63. The zero-order chi connectivity index (χ0) is 11.7. The van der Waals surface area contributed by atoms with Gasteiger partial charge in [0.15, 0.2) is 0 Å². The Labute approximate surface area is 110 Å². The summed E-state index contributed by atoms with van der Waals surface area (Å²) < 4.78 is 0. The van der Waals surface area contributed by atoms with Gasteiger partial charge in [-0.15, -0.1) is 0 Å². The van der Waals surface area contributed by atoms with Gasteiger partial charge < -0.3 is 5.73 Å². The molecular weight excluding hydrogens is 228 g/mol. The van der Waals surface area contributed by atoms with E-state index in [9.17, 15) is 0 Å². The lowest BCUT2D eigenvalue weighted by Gasteiger charge is -2.33. The molecule has 1 aliphatic carbocycles. The SMILES string of the molecule is NCC(C1CCSC1)N1CCC2(CCCC2)C1. The largest absolute Gasteiger partial charge is 0.329 e. The molecule has 3 fully saturated rings. The van der Waals surface area contributed by atoms with Crippen LogP contribution in [0.2, 0.25) is 0 Å². The van der Waals surface area contributed by atoms with Gasteiger partial charge in [-0.1, -0.05) is 12.8 Å². The molecular formula is C14H26N2S. The minimum atomic E-state index is 0.685. The lowest BCUT2D eigenvalue weighted by atomic mass is 9.85. The molecule has 0 radical (unpaired) electrons. The van der Waals surface area contributed by atoms with Gasteiger partial charge >= 0.3 is 0 Å². The van der Waals surface area contributed by atoms with Gasteiger partial charge in [-0.2, -0.15) is 11.8 Å². The van der Waals surface area contributed by atoms with Gasteiger partial charge in [0.25, 0.3) is 0 Å². The van der Waals surface area contributed by atoms with Crippen LogP contribution in [0.3, 0.4) is 0 Å². The monoisotopic (exact) mass is 254 g/mol. The first-order valence-corrected chi connectivity index (χ1v) is 8.50. The summed E-state index contributed by atoms with van der Waals surface area (Å²) in [4.78, 5) is 2.75. The molecule has 98 valence electrons. The summed E-state index contributed by atoms with van der Waals surface area (Å²) in [5.41, 5.74) is 6.78. The molecule has 1 spiro atoms. The molecule has 17 heavy (non-hydrogen) atoms. The summed E-state index contributed by atoms with van der Waals surface area (Å²) >= 11 is 2.13. The van der Waals surface area contributed by atoms with Crippen LogP contribution in [0.5, 0.6) is 0 Å². The van der Waals surface area contributed by atoms with E-state index in [-0.39, 0.29) is 0 Å². The normalized spacial score (nSPS) is 34.8. The van der Waals surface area contributed by atoms with Gasteiger partial charge in [0.05, 0.1) is 0 Å². The molecule has 2 nitrogen and oxygen atoms in total. The van der Waals surface area contributed by atoms with Crippen molar-refractivity contribution in [1.29, 1.82) is 0 Å². The number of likely N-dealkylation sites (tertiary alicyclic amines) is 1. The van der Waals surface area contributed by atoms with Crippen molar-refractivity contribution in [2.24, 2.45) is 17.1 Å². The zero-order valence-corrected chi connectivity index (χ0v) is 11.7. The van der Waals surface area contributed by atoms with Crippen molar-refractivity contribution in [3.8, 4) is 0 Å². The minimum absolute atomic E-state index is 0.685. The maximum atomic E-state index is 6.07. The molecule has 0 bridgehead atoms. The van der Waals surface area contributed by atoms with Crippen LogP contribution in [0.4, 0.5) is 0 Å². The first kappa shape index (κ1) is 12.3. The van der Waals surface area contributed by atoms with Crippen molar-refractivity contribution in [1.82, 2.24) is 4.90 Å². The number of hydrogen-bond acceptors (Lipinski definition) is 3. The summed E-state index contributed by atoms with van der Waals surface area (Å²) in [6.45, 7) is 3.56. The Hall–Kier alpha value is 0.270. The van der Waals surface area contributed by atoms with E-state index in [1.165, 1.54) is 63.1 Å². The van der Waals surface area contributed by atoms with Gasteiger partial charge in [0, 0.05) is 19.1 Å². The maximum absolute atomic E-state index is 6.07. The molecule has 3 rings (SSSR count). The average molecular weight is 254 g/mol. The molecule has 3 aliphatic rings. The highest BCUT2D eigenvalue weighted by Gasteiger charge is 2.43. The van der Waals surface area contributed by atoms with Crippen LogP contribution in [0.25, 0.3) is 0 Å². The predicted molar refractivity (Wildman–Crippen MR) is 75.4 cm³/mol. The topological polar surface area (TPSA) is 29.3 Å². The fourth-order valence-corrected chi connectivity index (χ4v) is 5.61. The van der Waals surface area contributed by atoms with E-state index in [0.29, 0.717) is 11.5 Å². The molecule has 3 heteroatoms. The highest BCUT2D eigenvalue weighted by atomic mass is 32.2. The van der Waals surface area contributed by atoms with Crippen molar-refractivity contribution in [2.75, 3.05) is 31.1 Å². The van der Waals surface area contributed by atoms with Crippen LogP contribution in [-0.4, -0.2) is 42.1 Å². The molecule has 2 unspecified atom stereocenters. The molecule has 2 aliphatic heterocycles. The minimum Gasteiger partial charge on any atom is -0.329 e. The third-order valence-electron chi connectivity index (χ3n) is 5.35. The van der Waals surface area contributed by atoms with Crippen molar-refractivity contribution < 1.29 is 0 Å². The van der Waals surface area contributed by atoms with E-state index in [1.807, 2.05) is 0 Å². The standard InChI is InChI=1S/C14H26N2S/c15-9-13(12-3-8-17-10-12)16-7-6-14(11-16)4-1-2-5-14/h12-13H,1-11,15H2. The van der Waals surface area contributed by atoms with E-state index in [1.54, 1.807) is 0 Å². The first-order chi connectivity index (χ1) is 8.33. The highest BCUT2D eigenvalue weighted by Crippen LogP contribution is 2.46. The first-order valence-electron chi connectivity index (χ1n) is 7.35. The third kappa shape index (κ3) is 2.39. The summed E-state index contributed by atoms with van der Waals surface area (Å²) in [6.07, 6.45) is 8.76. The van der Waals surface area contributed by atoms with Crippen molar-refractivity contribution in [2.45, 2.75) is 44.6 Å². The van der Waals surface area contributed by atoms with Crippen LogP contribution in [0.15, 0.2) is 0 Å². The fraction of sp³-hybridized carbons (Fsp3) is 1.00. The van der Waals surface area contributed by atoms with E-state index in [4.69, 9.17) is 5.73 Å². The number of thioether (sulfide) groups is 1. The number of rotatable bonds is 3.